The van der Waals surface area contributed by atoms with E-state index < -0.39 is 11.2 Å². The molecule has 6 heteroatoms. The highest BCUT2D eigenvalue weighted by molar-refractivity contribution is 6.30. The maximum absolute atomic E-state index is 14.1. The first-order chi connectivity index (χ1) is 11.8. The summed E-state index contributed by atoms with van der Waals surface area (Å²) in [6.07, 6.45) is 4.53. The first kappa shape index (κ1) is 19.9. The van der Waals surface area contributed by atoms with Gasteiger partial charge in [-0.3, -0.25) is 4.79 Å². The highest BCUT2D eigenvalue weighted by Crippen LogP contribution is 2.30. The number of carbonyl (C=O) groups is 2. The van der Waals surface area contributed by atoms with Gasteiger partial charge in [0.25, 0.3) is 0 Å². The Morgan fingerprint density at radius 2 is 2.04 bits per heavy atom. The van der Waals surface area contributed by atoms with Crippen LogP contribution in [-0.4, -0.2) is 24.8 Å². The Hall–Kier alpha value is -1.46. The van der Waals surface area contributed by atoms with E-state index in [0.29, 0.717) is 23.0 Å². The van der Waals surface area contributed by atoms with Crippen molar-refractivity contribution in [3.63, 3.8) is 0 Å². The molecule has 0 heterocycles. The summed E-state index contributed by atoms with van der Waals surface area (Å²) in [5.74, 6) is -0.327. The zero-order chi connectivity index (χ0) is 18.6. The van der Waals surface area contributed by atoms with E-state index >= 15 is 0 Å². The SMILES string of the molecule is CC(C)(C(=O)NCC(N)C1CCC(C=O)CC1)c1ccc(Cl)cc1F. The molecule has 1 saturated carbocycles. The highest BCUT2D eigenvalue weighted by Gasteiger charge is 2.33. The number of carbonyl (C=O) groups excluding carboxylic acids is 2. The smallest absolute Gasteiger partial charge is 0.230 e. The minimum Gasteiger partial charge on any atom is -0.354 e. The fourth-order valence-electron chi connectivity index (χ4n) is 3.43. The van der Waals surface area contributed by atoms with Gasteiger partial charge in [0.2, 0.25) is 5.91 Å². The molecule has 1 aliphatic carbocycles. The van der Waals surface area contributed by atoms with Crippen molar-refractivity contribution in [3.8, 4) is 0 Å². The van der Waals surface area contributed by atoms with Gasteiger partial charge in [-0.2, -0.15) is 0 Å². The van der Waals surface area contributed by atoms with Gasteiger partial charge in [0.05, 0.1) is 5.41 Å². The minimum atomic E-state index is -1.02. The van der Waals surface area contributed by atoms with Crippen LogP contribution in [0.2, 0.25) is 5.02 Å². The molecular weight excluding hydrogens is 343 g/mol. The summed E-state index contributed by atoms with van der Waals surface area (Å²) < 4.78 is 14.1. The van der Waals surface area contributed by atoms with E-state index in [1.165, 1.54) is 12.1 Å². The molecule has 4 nitrogen and oxygen atoms in total. The molecule has 0 aromatic heterocycles. The molecule has 1 aromatic carbocycles. The molecule has 0 spiro atoms. The van der Waals surface area contributed by atoms with Gasteiger partial charge in [-0.25, -0.2) is 4.39 Å². The number of aldehydes is 1. The van der Waals surface area contributed by atoms with Crippen LogP contribution in [0.15, 0.2) is 18.2 Å². The van der Waals surface area contributed by atoms with Crippen molar-refractivity contribution in [2.24, 2.45) is 17.6 Å². The molecular formula is C19H26ClFN2O2. The van der Waals surface area contributed by atoms with Crippen molar-refractivity contribution < 1.29 is 14.0 Å². The number of hydrogen-bond donors (Lipinski definition) is 2. The summed E-state index contributed by atoms with van der Waals surface area (Å²) in [4.78, 5) is 23.4. The fourth-order valence-corrected chi connectivity index (χ4v) is 3.58. The van der Waals surface area contributed by atoms with E-state index in [-0.39, 0.29) is 17.9 Å². The molecule has 138 valence electrons. The van der Waals surface area contributed by atoms with Crippen LogP contribution in [0.3, 0.4) is 0 Å². The molecule has 1 amide bonds. The Balaban J connectivity index is 1.93. The Bertz CT molecular complexity index is 628. The lowest BCUT2D eigenvalue weighted by molar-refractivity contribution is -0.125. The second-order valence-electron chi connectivity index (χ2n) is 7.43. The van der Waals surface area contributed by atoms with Crippen molar-refractivity contribution in [1.82, 2.24) is 5.32 Å². The van der Waals surface area contributed by atoms with Crippen LogP contribution in [0.4, 0.5) is 4.39 Å². The van der Waals surface area contributed by atoms with Gasteiger partial charge in [-0.05, 0) is 57.6 Å². The number of halogens is 2. The van der Waals surface area contributed by atoms with Crippen LogP contribution in [-0.2, 0) is 15.0 Å². The van der Waals surface area contributed by atoms with Gasteiger partial charge >= 0.3 is 0 Å². The van der Waals surface area contributed by atoms with Gasteiger partial charge < -0.3 is 15.8 Å². The lowest BCUT2D eigenvalue weighted by atomic mass is 9.79. The molecule has 0 radical (unpaired) electrons. The number of hydrogen-bond acceptors (Lipinski definition) is 3. The van der Waals surface area contributed by atoms with E-state index in [2.05, 4.69) is 5.32 Å². The zero-order valence-corrected chi connectivity index (χ0v) is 15.5. The standard InChI is InChI=1S/C19H26ClFN2O2/c1-19(2,15-8-7-14(20)9-16(15)21)18(25)23-10-17(22)13-5-3-12(11-24)4-6-13/h7-9,11-13,17H,3-6,10,22H2,1-2H3,(H,23,25). The third kappa shape index (κ3) is 4.79. The van der Waals surface area contributed by atoms with E-state index in [9.17, 15) is 14.0 Å². The second kappa shape index (κ2) is 8.28. The zero-order valence-electron chi connectivity index (χ0n) is 14.7. The lowest BCUT2D eigenvalue weighted by Crippen LogP contribution is -2.48. The number of amides is 1. The first-order valence-electron chi connectivity index (χ1n) is 8.70. The summed E-state index contributed by atoms with van der Waals surface area (Å²) >= 11 is 5.78. The third-order valence-corrected chi connectivity index (χ3v) is 5.52. The van der Waals surface area contributed by atoms with Crippen molar-refractivity contribution in [3.05, 3.63) is 34.6 Å². The molecule has 1 aliphatic rings. The van der Waals surface area contributed by atoms with Gasteiger partial charge in [-0.1, -0.05) is 17.7 Å². The van der Waals surface area contributed by atoms with Crippen LogP contribution in [0, 0.1) is 17.7 Å². The quantitative estimate of drug-likeness (QED) is 0.757. The average molecular weight is 369 g/mol. The predicted molar refractivity (Wildman–Crippen MR) is 96.9 cm³/mol. The van der Waals surface area contributed by atoms with Crippen LogP contribution in [0.25, 0.3) is 0 Å². The number of nitrogens with two attached hydrogens (primary N) is 1. The molecule has 0 bridgehead atoms. The van der Waals surface area contributed by atoms with Crippen LogP contribution in [0.1, 0.15) is 45.1 Å². The van der Waals surface area contributed by atoms with E-state index in [4.69, 9.17) is 17.3 Å². The normalized spacial score (nSPS) is 22.3. The number of benzene rings is 1. The molecule has 0 aliphatic heterocycles. The molecule has 1 fully saturated rings. The molecule has 0 saturated heterocycles. The van der Waals surface area contributed by atoms with E-state index in [1.807, 2.05) is 0 Å². The van der Waals surface area contributed by atoms with E-state index in [0.717, 1.165) is 32.0 Å². The van der Waals surface area contributed by atoms with Gasteiger partial charge in [0.15, 0.2) is 0 Å². The Labute approximate surface area is 153 Å². The van der Waals surface area contributed by atoms with Crippen molar-refractivity contribution in [2.45, 2.75) is 51.0 Å². The van der Waals surface area contributed by atoms with Gasteiger partial charge in [0.1, 0.15) is 12.1 Å². The van der Waals surface area contributed by atoms with Crippen LogP contribution < -0.4 is 11.1 Å². The minimum absolute atomic E-state index is 0.143. The second-order valence-corrected chi connectivity index (χ2v) is 7.87. The largest absolute Gasteiger partial charge is 0.354 e. The molecule has 2 rings (SSSR count). The van der Waals surface area contributed by atoms with E-state index in [1.54, 1.807) is 19.9 Å². The average Bonchev–Trinajstić information content (AvgIpc) is 2.59. The summed E-state index contributed by atoms with van der Waals surface area (Å²) in [5, 5.41) is 3.15. The Morgan fingerprint density at radius 1 is 1.40 bits per heavy atom. The Morgan fingerprint density at radius 3 is 2.60 bits per heavy atom. The van der Waals surface area contributed by atoms with Crippen molar-refractivity contribution >= 4 is 23.8 Å². The molecule has 25 heavy (non-hydrogen) atoms. The summed E-state index contributed by atoms with van der Waals surface area (Å²) in [7, 11) is 0. The summed E-state index contributed by atoms with van der Waals surface area (Å²) in [5.41, 5.74) is 5.50. The van der Waals surface area contributed by atoms with Crippen molar-refractivity contribution in [2.75, 3.05) is 6.54 Å². The summed E-state index contributed by atoms with van der Waals surface area (Å²) in [6.45, 7) is 3.69. The predicted octanol–water partition coefficient (Wildman–Crippen LogP) is 3.21. The molecule has 1 unspecified atom stereocenters. The maximum atomic E-state index is 14.1. The monoisotopic (exact) mass is 368 g/mol. The number of nitrogens with one attached hydrogen (secondary N) is 1. The lowest BCUT2D eigenvalue weighted by Gasteiger charge is -2.31. The number of rotatable bonds is 6. The topological polar surface area (TPSA) is 72.2 Å². The molecule has 3 N–H and O–H groups in total. The van der Waals surface area contributed by atoms with Gasteiger partial charge in [-0.15, -0.1) is 0 Å². The first-order valence-corrected chi connectivity index (χ1v) is 9.08. The maximum Gasteiger partial charge on any atom is 0.230 e. The molecule has 1 aromatic rings. The van der Waals surface area contributed by atoms with Crippen molar-refractivity contribution in [1.29, 1.82) is 0 Å². The van der Waals surface area contributed by atoms with Crippen LogP contribution >= 0.6 is 11.6 Å². The fraction of sp³-hybridized carbons (Fsp3) is 0.579. The van der Waals surface area contributed by atoms with Crippen LogP contribution in [0.5, 0.6) is 0 Å². The Kier molecular flexibility index (Phi) is 6.58. The summed E-state index contributed by atoms with van der Waals surface area (Å²) in [6, 6.07) is 4.16. The third-order valence-electron chi connectivity index (χ3n) is 5.28. The molecule has 1 atom stereocenters. The van der Waals surface area contributed by atoms with Gasteiger partial charge in [0, 0.05) is 29.1 Å². The highest BCUT2D eigenvalue weighted by atomic mass is 35.5.